The molecule has 2 aliphatic heterocycles. The summed E-state index contributed by atoms with van der Waals surface area (Å²) in [6, 6.07) is 5.10. The Labute approximate surface area is 125 Å². The Kier molecular flexibility index (Phi) is 4.24. The number of likely N-dealkylation sites (tertiary alicyclic amines) is 2. The van der Waals surface area contributed by atoms with Crippen molar-refractivity contribution in [3.63, 3.8) is 0 Å². The molecule has 1 aromatic carbocycles. The lowest BCUT2D eigenvalue weighted by Gasteiger charge is -2.28. The van der Waals surface area contributed by atoms with Crippen molar-refractivity contribution in [2.24, 2.45) is 0 Å². The lowest BCUT2D eigenvalue weighted by atomic mass is 10.1. The highest BCUT2D eigenvalue weighted by Gasteiger charge is 2.31. The van der Waals surface area contributed by atoms with E-state index in [4.69, 9.17) is 0 Å². The standard InChI is InChI=1S/C17H23FN2O/c1-13-6-7-14(11-16(13)18)17(21)20-10-4-5-15(20)12-19-8-2-3-9-19/h6-7,11,15H,2-5,8-10,12H2,1H3. The van der Waals surface area contributed by atoms with E-state index < -0.39 is 0 Å². The number of aryl methyl sites for hydroxylation is 1. The quantitative estimate of drug-likeness (QED) is 0.854. The molecule has 2 fully saturated rings. The van der Waals surface area contributed by atoms with Gasteiger partial charge in [-0.25, -0.2) is 4.39 Å². The number of amides is 1. The molecule has 3 rings (SSSR count). The Morgan fingerprint density at radius 2 is 2.00 bits per heavy atom. The van der Waals surface area contributed by atoms with Crippen LogP contribution >= 0.6 is 0 Å². The number of rotatable bonds is 3. The molecule has 0 aromatic heterocycles. The van der Waals surface area contributed by atoms with E-state index in [1.165, 1.54) is 18.9 Å². The zero-order valence-corrected chi connectivity index (χ0v) is 12.6. The zero-order chi connectivity index (χ0) is 14.8. The molecule has 1 atom stereocenters. The van der Waals surface area contributed by atoms with Crippen molar-refractivity contribution in [2.75, 3.05) is 26.2 Å². The first-order valence-corrected chi connectivity index (χ1v) is 7.94. The minimum atomic E-state index is -0.295. The first-order chi connectivity index (χ1) is 10.1. The first kappa shape index (κ1) is 14.5. The van der Waals surface area contributed by atoms with Gasteiger partial charge in [-0.1, -0.05) is 6.07 Å². The van der Waals surface area contributed by atoms with Gasteiger partial charge in [-0.2, -0.15) is 0 Å². The summed E-state index contributed by atoms with van der Waals surface area (Å²) in [7, 11) is 0. The minimum Gasteiger partial charge on any atom is -0.334 e. The molecule has 1 aromatic rings. The van der Waals surface area contributed by atoms with Gasteiger partial charge in [-0.3, -0.25) is 4.79 Å². The van der Waals surface area contributed by atoms with Gasteiger partial charge in [0.2, 0.25) is 0 Å². The van der Waals surface area contributed by atoms with Crippen molar-refractivity contribution in [1.82, 2.24) is 9.80 Å². The topological polar surface area (TPSA) is 23.6 Å². The molecule has 2 aliphatic rings. The Bertz CT molecular complexity index is 526. The van der Waals surface area contributed by atoms with Crippen LogP contribution in [0.15, 0.2) is 18.2 Å². The molecule has 2 saturated heterocycles. The van der Waals surface area contributed by atoms with E-state index >= 15 is 0 Å². The van der Waals surface area contributed by atoms with Gasteiger partial charge in [-0.15, -0.1) is 0 Å². The van der Waals surface area contributed by atoms with Gasteiger partial charge in [0.1, 0.15) is 5.82 Å². The van der Waals surface area contributed by atoms with E-state index in [0.717, 1.165) is 39.0 Å². The molecule has 4 heteroatoms. The number of carbonyl (C=O) groups excluding carboxylic acids is 1. The number of halogens is 1. The lowest BCUT2D eigenvalue weighted by molar-refractivity contribution is 0.0708. The predicted octanol–water partition coefficient (Wildman–Crippen LogP) is 2.83. The van der Waals surface area contributed by atoms with Crippen LogP contribution in [0.25, 0.3) is 0 Å². The van der Waals surface area contributed by atoms with Gasteiger partial charge in [0, 0.05) is 24.7 Å². The number of hydrogen-bond donors (Lipinski definition) is 0. The second-order valence-electron chi connectivity index (χ2n) is 6.27. The van der Waals surface area contributed by atoms with Gasteiger partial charge in [-0.05, 0) is 63.4 Å². The summed E-state index contributed by atoms with van der Waals surface area (Å²) in [5.74, 6) is -0.313. The van der Waals surface area contributed by atoms with Crippen LogP contribution in [-0.4, -0.2) is 47.9 Å². The third-order valence-corrected chi connectivity index (χ3v) is 4.72. The van der Waals surface area contributed by atoms with Crippen LogP contribution < -0.4 is 0 Å². The van der Waals surface area contributed by atoms with Crippen molar-refractivity contribution in [3.8, 4) is 0 Å². The Balaban J connectivity index is 1.71. The highest BCUT2D eigenvalue weighted by Crippen LogP contribution is 2.23. The van der Waals surface area contributed by atoms with Crippen LogP contribution in [-0.2, 0) is 0 Å². The highest BCUT2D eigenvalue weighted by atomic mass is 19.1. The van der Waals surface area contributed by atoms with Crippen molar-refractivity contribution in [1.29, 1.82) is 0 Å². The summed E-state index contributed by atoms with van der Waals surface area (Å²) < 4.78 is 13.7. The molecule has 0 bridgehead atoms. The molecule has 0 spiro atoms. The summed E-state index contributed by atoms with van der Waals surface area (Å²) in [6.45, 7) is 5.79. The molecular weight excluding hydrogens is 267 g/mol. The largest absolute Gasteiger partial charge is 0.334 e. The molecule has 2 heterocycles. The predicted molar refractivity (Wildman–Crippen MR) is 80.9 cm³/mol. The molecule has 0 aliphatic carbocycles. The maximum absolute atomic E-state index is 13.7. The van der Waals surface area contributed by atoms with E-state index in [1.54, 1.807) is 19.1 Å². The smallest absolute Gasteiger partial charge is 0.254 e. The molecule has 0 saturated carbocycles. The van der Waals surface area contributed by atoms with Gasteiger partial charge >= 0.3 is 0 Å². The number of carbonyl (C=O) groups is 1. The monoisotopic (exact) mass is 290 g/mol. The normalized spacial score (nSPS) is 23.0. The van der Waals surface area contributed by atoms with Crippen molar-refractivity contribution in [2.45, 2.75) is 38.6 Å². The fourth-order valence-corrected chi connectivity index (χ4v) is 3.45. The molecule has 114 valence electrons. The van der Waals surface area contributed by atoms with E-state index in [2.05, 4.69) is 4.90 Å². The van der Waals surface area contributed by atoms with Gasteiger partial charge in [0.15, 0.2) is 0 Å². The van der Waals surface area contributed by atoms with E-state index in [0.29, 0.717) is 17.2 Å². The zero-order valence-electron chi connectivity index (χ0n) is 12.6. The number of hydrogen-bond acceptors (Lipinski definition) is 2. The first-order valence-electron chi connectivity index (χ1n) is 7.94. The van der Waals surface area contributed by atoms with Crippen LogP contribution in [0.4, 0.5) is 4.39 Å². The highest BCUT2D eigenvalue weighted by molar-refractivity contribution is 5.94. The Morgan fingerprint density at radius 3 is 2.71 bits per heavy atom. The average molecular weight is 290 g/mol. The fourth-order valence-electron chi connectivity index (χ4n) is 3.45. The molecule has 0 radical (unpaired) electrons. The van der Waals surface area contributed by atoms with E-state index in [9.17, 15) is 9.18 Å². The molecule has 3 nitrogen and oxygen atoms in total. The molecule has 0 N–H and O–H groups in total. The van der Waals surface area contributed by atoms with Gasteiger partial charge in [0.25, 0.3) is 5.91 Å². The molecular formula is C17H23FN2O. The molecule has 1 amide bonds. The van der Waals surface area contributed by atoms with Gasteiger partial charge in [0.05, 0.1) is 0 Å². The summed E-state index contributed by atoms with van der Waals surface area (Å²) in [6.07, 6.45) is 4.66. The second kappa shape index (κ2) is 6.14. The summed E-state index contributed by atoms with van der Waals surface area (Å²) in [5.41, 5.74) is 1.06. The average Bonchev–Trinajstić information content (AvgIpc) is 3.13. The summed E-state index contributed by atoms with van der Waals surface area (Å²) >= 11 is 0. The van der Waals surface area contributed by atoms with Crippen molar-refractivity contribution < 1.29 is 9.18 Å². The van der Waals surface area contributed by atoms with Crippen LogP contribution in [0.2, 0.25) is 0 Å². The maximum Gasteiger partial charge on any atom is 0.254 e. The Morgan fingerprint density at radius 1 is 1.24 bits per heavy atom. The Hall–Kier alpha value is -1.42. The SMILES string of the molecule is Cc1ccc(C(=O)N2CCCC2CN2CCCC2)cc1F. The lowest BCUT2D eigenvalue weighted by Crippen LogP contribution is -2.42. The third kappa shape index (κ3) is 3.10. The van der Waals surface area contributed by atoms with Crippen LogP contribution in [0.1, 0.15) is 41.6 Å². The van der Waals surface area contributed by atoms with Crippen LogP contribution in [0, 0.1) is 12.7 Å². The van der Waals surface area contributed by atoms with Crippen molar-refractivity contribution in [3.05, 3.63) is 35.1 Å². The second-order valence-corrected chi connectivity index (χ2v) is 6.27. The molecule has 1 unspecified atom stereocenters. The van der Waals surface area contributed by atoms with E-state index in [1.807, 2.05) is 4.90 Å². The van der Waals surface area contributed by atoms with Crippen LogP contribution in [0.3, 0.4) is 0 Å². The summed E-state index contributed by atoms with van der Waals surface area (Å²) in [5, 5.41) is 0. The number of nitrogens with zero attached hydrogens (tertiary/aromatic N) is 2. The minimum absolute atomic E-state index is 0.0180. The third-order valence-electron chi connectivity index (χ3n) is 4.72. The van der Waals surface area contributed by atoms with Gasteiger partial charge < -0.3 is 9.80 Å². The van der Waals surface area contributed by atoms with E-state index in [-0.39, 0.29) is 11.7 Å². The fraction of sp³-hybridized carbons (Fsp3) is 0.588. The summed E-state index contributed by atoms with van der Waals surface area (Å²) in [4.78, 5) is 17.0. The van der Waals surface area contributed by atoms with Crippen LogP contribution in [0.5, 0.6) is 0 Å². The molecule has 21 heavy (non-hydrogen) atoms. The number of benzene rings is 1. The maximum atomic E-state index is 13.7. The van der Waals surface area contributed by atoms with Crippen molar-refractivity contribution >= 4 is 5.91 Å².